The van der Waals surface area contributed by atoms with E-state index in [1.165, 1.54) is 25.7 Å². The van der Waals surface area contributed by atoms with Gasteiger partial charge in [0.15, 0.2) is 6.61 Å². The van der Waals surface area contributed by atoms with E-state index >= 15 is 0 Å². The van der Waals surface area contributed by atoms with Crippen LogP contribution in [0.1, 0.15) is 51.4 Å². The zero-order valence-electron chi connectivity index (χ0n) is 18.8. The minimum atomic E-state index is -0.215. The normalized spacial score (nSPS) is 15.1. The van der Waals surface area contributed by atoms with Gasteiger partial charge in [-0.15, -0.1) is 0 Å². The number of nitrogens with zero attached hydrogens (tertiary/aromatic N) is 3. The summed E-state index contributed by atoms with van der Waals surface area (Å²) in [7, 11) is 0. The highest BCUT2D eigenvalue weighted by Crippen LogP contribution is 2.26. The first-order valence-corrected chi connectivity index (χ1v) is 11.8. The second kappa shape index (κ2) is 10.4. The number of amides is 1. The summed E-state index contributed by atoms with van der Waals surface area (Å²) in [5.74, 6) is 1.48. The molecule has 32 heavy (non-hydrogen) atoms. The molecule has 0 spiro atoms. The zero-order chi connectivity index (χ0) is 22.5. The highest BCUT2D eigenvalue weighted by molar-refractivity contribution is 6.30. The molecule has 0 atom stereocenters. The van der Waals surface area contributed by atoms with Crippen LogP contribution in [0.25, 0.3) is 11.0 Å². The lowest BCUT2D eigenvalue weighted by Crippen LogP contribution is -2.26. The third-order valence-corrected chi connectivity index (χ3v) is 6.06. The van der Waals surface area contributed by atoms with E-state index in [1.54, 1.807) is 24.3 Å². The van der Waals surface area contributed by atoms with Gasteiger partial charge in [0.2, 0.25) is 0 Å². The maximum Gasteiger partial charge on any atom is 0.262 e. The Morgan fingerprint density at radius 3 is 2.50 bits per heavy atom. The third-order valence-electron chi connectivity index (χ3n) is 5.81. The van der Waals surface area contributed by atoms with Gasteiger partial charge in [0.25, 0.3) is 5.91 Å². The molecule has 170 valence electrons. The topological polar surface area (TPSA) is 59.4 Å². The van der Waals surface area contributed by atoms with Crippen molar-refractivity contribution in [2.24, 2.45) is 0 Å². The van der Waals surface area contributed by atoms with Gasteiger partial charge in [-0.3, -0.25) is 9.69 Å². The van der Waals surface area contributed by atoms with Crippen molar-refractivity contribution in [3.63, 3.8) is 0 Å². The fourth-order valence-electron chi connectivity index (χ4n) is 4.29. The van der Waals surface area contributed by atoms with E-state index in [9.17, 15) is 4.79 Å². The summed E-state index contributed by atoms with van der Waals surface area (Å²) in [4.78, 5) is 19.8. The number of hydrogen-bond acceptors (Lipinski definition) is 4. The number of carbonyl (C=O) groups excluding carboxylic acids is 1. The van der Waals surface area contributed by atoms with Crippen molar-refractivity contribution >= 4 is 34.2 Å². The van der Waals surface area contributed by atoms with Crippen molar-refractivity contribution in [1.29, 1.82) is 0 Å². The van der Waals surface area contributed by atoms with Crippen LogP contribution in [-0.2, 0) is 11.3 Å². The standard InChI is InChI=1S/C25H31ClN4O2/c1-18(2)30-23-12-9-20(27-25(31)17-32-21-10-7-19(26)8-11-21)15-22(23)28-24(30)16-29-13-5-3-4-6-14-29/h7-12,15,18H,3-6,13-14,16-17H2,1-2H3,(H,27,31). The number of carbonyl (C=O) groups is 1. The molecule has 1 aliphatic rings. The van der Waals surface area contributed by atoms with Gasteiger partial charge in [-0.2, -0.15) is 0 Å². The summed E-state index contributed by atoms with van der Waals surface area (Å²) < 4.78 is 7.85. The number of hydrogen-bond donors (Lipinski definition) is 1. The zero-order valence-corrected chi connectivity index (χ0v) is 19.6. The molecule has 6 nitrogen and oxygen atoms in total. The Kier molecular flexibility index (Phi) is 7.33. The molecule has 1 saturated heterocycles. The molecule has 0 bridgehead atoms. The molecule has 0 saturated carbocycles. The predicted octanol–water partition coefficient (Wildman–Crippen LogP) is 5.66. The smallest absolute Gasteiger partial charge is 0.262 e. The van der Waals surface area contributed by atoms with Crippen LogP contribution < -0.4 is 10.1 Å². The molecular weight excluding hydrogens is 424 g/mol. The van der Waals surface area contributed by atoms with E-state index in [-0.39, 0.29) is 12.5 Å². The Morgan fingerprint density at radius 2 is 1.81 bits per heavy atom. The number of fused-ring (bicyclic) bond motifs is 1. The minimum absolute atomic E-state index is 0.0691. The molecule has 1 amide bonds. The van der Waals surface area contributed by atoms with Gasteiger partial charge in [-0.1, -0.05) is 24.4 Å². The molecule has 2 heterocycles. The van der Waals surface area contributed by atoms with Crippen LogP contribution in [0.2, 0.25) is 5.02 Å². The average Bonchev–Trinajstić information content (AvgIpc) is 2.92. The summed E-state index contributed by atoms with van der Waals surface area (Å²) in [5, 5.41) is 3.54. The number of halogens is 1. The Morgan fingerprint density at radius 1 is 1.09 bits per heavy atom. The van der Waals surface area contributed by atoms with Crippen LogP contribution in [0.3, 0.4) is 0 Å². The Balaban J connectivity index is 1.46. The van der Waals surface area contributed by atoms with Gasteiger partial charge in [0.1, 0.15) is 11.6 Å². The largest absolute Gasteiger partial charge is 0.484 e. The SMILES string of the molecule is CC(C)n1c(CN2CCCCCC2)nc2cc(NC(=O)COc3ccc(Cl)cc3)ccc21. The number of rotatable bonds is 7. The summed E-state index contributed by atoms with van der Waals surface area (Å²) in [6.45, 7) is 7.45. The van der Waals surface area contributed by atoms with Crippen LogP contribution >= 0.6 is 11.6 Å². The van der Waals surface area contributed by atoms with Gasteiger partial charge in [0.05, 0.1) is 17.6 Å². The van der Waals surface area contributed by atoms with E-state index < -0.39 is 0 Å². The fraction of sp³-hybridized carbons (Fsp3) is 0.440. The number of aromatic nitrogens is 2. The lowest BCUT2D eigenvalue weighted by atomic mass is 10.2. The van der Waals surface area contributed by atoms with Gasteiger partial charge in [-0.25, -0.2) is 4.98 Å². The number of imidazole rings is 1. The lowest BCUT2D eigenvalue weighted by molar-refractivity contribution is -0.118. The molecule has 3 aromatic rings. The predicted molar refractivity (Wildman–Crippen MR) is 129 cm³/mol. The number of nitrogens with one attached hydrogen (secondary N) is 1. The second-order valence-electron chi connectivity index (χ2n) is 8.68. The van der Waals surface area contributed by atoms with E-state index in [1.807, 2.05) is 18.2 Å². The maximum atomic E-state index is 12.4. The van der Waals surface area contributed by atoms with Crippen LogP contribution in [0, 0.1) is 0 Å². The number of benzene rings is 2. The third kappa shape index (κ3) is 5.61. The molecule has 7 heteroatoms. The second-order valence-corrected chi connectivity index (χ2v) is 9.11. The molecule has 1 N–H and O–H groups in total. The summed E-state index contributed by atoms with van der Waals surface area (Å²) in [6, 6.07) is 13.2. The lowest BCUT2D eigenvalue weighted by Gasteiger charge is -2.21. The molecule has 0 radical (unpaired) electrons. The fourth-order valence-corrected chi connectivity index (χ4v) is 4.41. The van der Waals surface area contributed by atoms with Crippen molar-refractivity contribution in [2.45, 2.75) is 52.1 Å². The number of likely N-dealkylation sites (tertiary alicyclic amines) is 1. The Hall–Kier alpha value is -2.57. The first-order chi connectivity index (χ1) is 15.5. The van der Waals surface area contributed by atoms with Crippen LogP contribution in [0.15, 0.2) is 42.5 Å². The van der Waals surface area contributed by atoms with Crippen molar-refractivity contribution < 1.29 is 9.53 Å². The van der Waals surface area contributed by atoms with Gasteiger partial charge in [0, 0.05) is 16.8 Å². The summed E-state index contributed by atoms with van der Waals surface area (Å²) in [5.41, 5.74) is 2.72. The molecule has 1 fully saturated rings. The van der Waals surface area contributed by atoms with E-state index in [2.05, 4.69) is 28.6 Å². The maximum absolute atomic E-state index is 12.4. The van der Waals surface area contributed by atoms with E-state index in [0.717, 1.165) is 42.2 Å². The van der Waals surface area contributed by atoms with Crippen molar-refractivity contribution in [3.05, 3.63) is 53.3 Å². The van der Waals surface area contributed by atoms with Crippen LogP contribution in [-0.4, -0.2) is 40.1 Å². The molecule has 1 aliphatic heterocycles. The minimum Gasteiger partial charge on any atom is -0.484 e. The van der Waals surface area contributed by atoms with E-state index in [4.69, 9.17) is 21.3 Å². The molecule has 0 unspecified atom stereocenters. The van der Waals surface area contributed by atoms with Crippen molar-refractivity contribution in [3.8, 4) is 5.75 Å². The molecule has 0 aliphatic carbocycles. The molecule has 2 aromatic carbocycles. The average molecular weight is 455 g/mol. The van der Waals surface area contributed by atoms with Crippen molar-refractivity contribution in [1.82, 2.24) is 14.5 Å². The monoisotopic (exact) mass is 454 g/mol. The first kappa shape index (κ1) is 22.6. The molecule has 1 aromatic heterocycles. The summed E-state index contributed by atoms with van der Waals surface area (Å²) >= 11 is 5.88. The molecule has 4 rings (SSSR count). The highest BCUT2D eigenvalue weighted by atomic mass is 35.5. The number of ether oxygens (including phenoxy) is 1. The van der Waals surface area contributed by atoms with Crippen molar-refractivity contribution in [2.75, 3.05) is 25.0 Å². The van der Waals surface area contributed by atoms with Crippen LogP contribution in [0.4, 0.5) is 5.69 Å². The Bertz CT molecular complexity index is 1050. The van der Waals surface area contributed by atoms with Crippen LogP contribution in [0.5, 0.6) is 5.75 Å². The van der Waals surface area contributed by atoms with Gasteiger partial charge in [-0.05, 0) is 82.2 Å². The Labute approximate surface area is 194 Å². The van der Waals surface area contributed by atoms with Gasteiger partial charge >= 0.3 is 0 Å². The molecular formula is C25H31ClN4O2. The quantitative estimate of drug-likeness (QED) is 0.500. The number of anilines is 1. The first-order valence-electron chi connectivity index (χ1n) is 11.4. The summed E-state index contributed by atoms with van der Waals surface area (Å²) in [6.07, 6.45) is 5.16. The highest BCUT2D eigenvalue weighted by Gasteiger charge is 2.18. The van der Waals surface area contributed by atoms with E-state index in [0.29, 0.717) is 16.8 Å². The van der Waals surface area contributed by atoms with Gasteiger partial charge < -0.3 is 14.6 Å².